The highest BCUT2D eigenvalue weighted by Gasteiger charge is 2.15. The van der Waals surface area contributed by atoms with Crippen molar-refractivity contribution in [3.8, 4) is 5.75 Å². The molecule has 26 heavy (non-hydrogen) atoms. The van der Waals surface area contributed by atoms with Crippen LogP contribution >= 0.6 is 0 Å². The lowest BCUT2D eigenvalue weighted by Gasteiger charge is -2.15. The zero-order valence-electron chi connectivity index (χ0n) is 14.3. The van der Waals surface area contributed by atoms with Crippen molar-refractivity contribution in [2.24, 2.45) is 0 Å². The Labute approximate surface area is 150 Å². The van der Waals surface area contributed by atoms with Gasteiger partial charge >= 0.3 is 0 Å². The lowest BCUT2D eigenvalue weighted by Crippen LogP contribution is -2.26. The van der Waals surface area contributed by atoms with E-state index >= 15 is 0 Å². The Balaban J connectivity index is 1.66. The number of nitro groups is 1. The van der Waals surface area contributed by atoms with Crippen LogP contribution in [0, 0.1) is 17.0 Å². The molecule has 1 heterocycles. The van der Waals surface area contributed by atoms with E-state index in [2.05, 4.69) is 10.3 Å². The SMILES string of the molecule is Cc1cccc(OCC(O)CNc2ccc([N+](=O)[O-])c3cnccc23)c1. The highest BCUT2D eigenvalue weighted by atomic mass is 16.6. The number of rotatable bonds is 7. The minimum atomic E-state index is -0.734. The van der Waals surface area contributed by atoms with Gasteiger partial charge < -0.3 is 15.2 Å². The van der Waals surface area contributed by atoms with Crippen LogP contribution in [0.1, 0.15) is 5.56 Å². The van der Waals surface area contributed by atoms with Gasteiger partial charge in [-0.05, 0) is 36.8 Å². The molecule has 0 aliphatic carbocycles. The molecule has 1 atom stereocenters. The molecule has 0 fully saturated rings. The zero-order chi connectivity index (χ0) is 18.5. The summed E-state index contributed by atoms with van der Waals surface area (Å²) in [6.07, 6.45) is 2.31. The van der Waals surface area contributed by atoms with Crippen LogP contribution in [-0.2, 0) is 0 Å². The lowest BCUT2D eigenvalue weighted by atomic mass is 10.1. The molecule has 3 rings (SSSR count). The second-order valence-corrected chi connectivity index (χ2v) is 5.97. The number of aliphatic hydroxyl groups excluding tert-OH is 1. The van der Waals surface area contributed by atoms with Crippen molar-refractivity contribution in [2.45, 2.75) is 13.0 Å². The summed E-state index contributed by atoms with van der Waals surface area (Å²) in [6.45, 7) is 2.36. The highest BCUT2D eigenvalue weighted by Crippen LogP contribution is 2.30. The summed E-state index contributed by atoms with van der Waals surface area (Å²) in [4.78, 5) is 14.7. The van der Waals surface area contributed by atoms with E-state index in [-0.39, 0.29) is 18.8 Å². The molecule has 2 aromatic carbocycles. The first-order valence-corrected chi connectivity index (χ1v) is 8.17. The van der Waals surface area contributed by atoms with Crippen molar-refractivity contribution >= 4 is 22.1 Å². The predicted molar refractivity (Wildman–Crippen MR) is 99.6 cm³/mol. The highest BCUT2D eigenvalue weighted by molar-refractivity contribution is 5.99. The van der Waals surface area contributed by atoms with Gasteiger partial charge in [0.05, 0.1) is 10.3 Å². The fraction of sp³-hybridized carbons (Fsp3) is 0.211. The molecule has 0 aliphatic heterocycles. The summed E-state index contributed by atoms with van der Waals surface area (Å²) in [5.41, 5.74) is 1.78. The molecule has 3 aromatic rings. The van der Waals surface area contributed by atoms with Gasteiger partial charge in [0.15, 0.2) is 0 Å². The largest absolute Gasteiger partial charge is 0.491 e. The predicted octanol–water partition coefficient (Wildman–Crippen LogP) is 3.30. The summed E-state index contributed by atoms with van der Waals surface area (Å²) >= 11 is 0. The number of nitrogens with one attached hydrogen (secondary N) is 1. The van der Waals surface area contributed by atoms with Crippen molar-refractivity contribution in [1.82, 2.24) is 4.98 Å². The third kappa shape index (κ3) is 4.07. The number of anilines is 1. The number of pyridine rings is 1. The van der Waals surface area contributed by atoms with Crippen LogP contribution in [-0.4, -0.2) is 34.3 Å². The van der Waals surface area contributed by atoms with E-state index < -0.39 is 11.0 Å². The number of benzene rings is 2. The summed E-state index contributed by atoms with van der Waals surface area (Å²) in [5.74, 6) is 0.705. The Morgan fingerprint density at radius 2 is 2.12 bits per heavy atom. The Morgan fingerprint density at radius 1 is 1.27 bits per heavy atom. The number of aryl methyl sites for hydroxylation is 1. The van der Waals surface area contributed by atoms with E-state index in [1.165, 1.54) is 12.3 Å². The van der Waals surface area contributed by atoms with Crippen molar-refractivity contribution < 1.29 is 14.8 Å². The molecule has 0 saturated carbocycles. The van der Waals surface area contributed by atoms with Gasteiger partial charge in [-0.2, -0.15) is 0 Å². The van der Waals surface area contributed by atoms with Gasteiger partial charge in [-0.25, -0.2) is 0 Å². The number of hydrogen-bond acceptors (Lipinski definition) is 6. The number of aromatic nitrogens is 1. The first-order chi connectivity index (χ1) is 12.5. The molecule has 0 bridgehead atoms. The van der Waals surface area contributed by atoms with Gasteiger partial charge in [0.2, 0.25) is 0 Å². The first kappa shape index (κ1) is 17.6. The number of nitro benzene ring substituents is 1. The number of non-ortho nitro benzene ring substituents is 1. The molecule has 0 saturated heterocycles. The maximum absolute atomic E-state index is 11.1. The second-order valence-electron chi connectivity index (χ2n) is 5.97. The van der Waals surface area contributed by atoms with Crippen LogP contribution in [0.15, 0.2) is 54.9 Å². The number of ether oxygens (including phenoxy) is 1. The Hall–Kier alpha value is -3.19. The normalized spacial score (nSPS) is 11.9. The van der Waals surface area contributed by atoms with Crippen molar-refractivity contribution in [1.29, 1.82) is 0 Å². The summed E-state index contributed by atoms with van der Waals surface area (Å²) in [6, 6.07) is 12.4. The van der Waals surface area contributed by atoms with Crippen LogP contribution < -0.4 is 10.1 Å². The van der Waals surface area contributed by atoms with Crippen molar-refractivity contribution in [3.05, 3.63) is 70.5 Å². The molecule has 0 aliphatic rings. The molecule has 0 spiro atoms. The van der Waals surface area contributed by atoms with Gasteiger partial charge in [-0.3, -0.25) is 15.1 Å². The Kier molecular flexibility index (Phi) is 5.28. The molecule has 7 nitrogen and oxygen atoms in total. The third-order valence-corrected chi connectivity index (χ3v) is 3.95. The van der Waals surface area contributed by atoms with Crippen LogP contribution in [0.25, 0.3) is 10.8 Å². The van der Waals surface area contributed by atoms with Gasteiger partial charge in [0.1, 0.15) is 18.5 Å². The van der Waals surface area contributed by atoms with Crippen LogP contribution in [0.2, 0.25) is 0 Å². The number of hydrogen-bond donors (Lipinski definition) is 2. The summed E-state index contributed by atoms with van der Waals surface area (Å²) < 4.78 is 5.59. The molecular formula is C19H19N3O4. The van der Waals surface area contributed by atoms with E-state index in [1.54, 1.807) is 18.3 Å². The smallest absolute Gasteiger partial charge is 0.278 e. The standard InChI is InChI=1S/C19H19N3O4/c1-13-3-2-4-15(9-13)26-12-14(23)10-21-18-5-6-19(22(24)25)17-11-20-8-7-16(17)18/h2-9,11,14,21,23H,10,12H2,1H3. The molecular weight excluding hydrogens is 334 g/mol. The van der Waals surface area contributed by atoms with Crippen LogP contribution in [0.5, 0.6) is 5.75 Å². The average Bonchev–Trinajstić information content (AvgIpc) is 2.64. The minimum Gasteiger partial charge on any atom is -0.491 e. The lowest BCUT2D eigenvalue weighted by molar-refractivity contribution is -0.383. The Morgan fingerprint density at radius 3 is 2.88 bits per heavy atom. The van der Waals surface area contributed by atoms with Crippen LogP contribution in [0.4, 0.5) is 11.4 Å². The monoisotopic (exact) mass is 353 g/mol. The maximum Gasteiger partial charge on any atom is 0.278 e. The second kappa shape index (κ2) is 7.79. The molecule has 1 unspecified atom stereocenters. The fourth-order valence-electron chi connectivity index (χ4n) is 2.67. The van der Waals surface area contributed by atoms with E-state index in [0.717, 1.165) is 5.56 Å². The fourth-order valence-corrected chi connectivity index (χ4v) is 2.67. The number of fused-ring (bicyclic) bond motifs is 1. The van der Waals surface area contributed by atoms with Crippen molar-refractivity contribution in [2.75, 3.05) is 18.5 Å². The van der Waals surface area contributed by atoms with E-state index in [0.29, 0.717) is 22.2 Å². The third-order valence-electron chi connectivity index (χ3n) is 3.95. The first-order valence-electron chi connectivity index (χ1n) is 8.17. The molecule has 0 radical (unpaired) electrons. The Bertz CT molecular complexity index is 930. The van der Waals surface area contributed by atoms with Gasteiger partial charge in [0, 0.05) is 36.1 Å². The zero-order valence-corrected chi connectivity index (χ0v) is 14.3. The molecule has 2 N–H and O–H groups in total. The van der Waals surface area contributed by atoms with Gasteiger partial charge in [-0.15, -0.1) is 0 Å². The summed E-state index contributed by atoms with van der Waals surface area (Å²) in [5, 5.41) is 25.5. The maximum atomic E-state index is 11.1. The van der Waals surface area contributed by atoms with E-state index in [1.807, 2.05) is 31.2 Å². The number of aliphatic hydroxyl groups is 1. The van der Waals surface area contributed by atoms with Gasteiger partial charge in [0.25, 0.3) is 5.69 Å². The van der Waals surface area contributed by atoms with Crippen molar-refractivity contribution in [3.63, 3.8) is 0 Å². The summed E-state index contributed by atoms with van der Waals surface area (Å²) in [7, 11) is 0. The topological polar surface area (TPSA) is 97.5 Å². The molecule has 0 amide bonds. The van der Waals surface area contributed by atoms with E-state index in [4.69, 9.17) is 4.74 Å². The average molecular weight is 353 g/mol. The molecule has 7 heteroatoms. The number of nitrogens with zero attached hydrogens (tertiary/aromatic N) is 2. The minimum absolute atomic E-state index is 0.00183. The molecule has 1 aromatic heterocycles. The quantitative estimate of drug-likeness (QED) is 0.500. The molecule has 134 valence electrons. The van der Waals surface area contributed by atoms with Gasteiger partial charge in [-0.1, -0.05) is 12.1 Å². The van der Waals surface area contributed by atoms with Crippen LogP contribution in [0.3, 0.4) is 0 Å². The van der Waals surface area contributed by atoms with E-state index in [9.17, 15) is 15.2 Å².